The zero-order valence-corrected chi connectivity index (χ0v) is 5.69. The van der Waals surface area contributed by atoms with Gasteiger partial charge in [0, 0.05) is 0 Å². The van der Waals surface area contributed by atoms with E-state index in [2.05, 4.69) is 0 Å². The molecule has 0 aromatic rings. The molecule has 0 rings (SSSR count). The van der Waals surface area contributed by atoms with E-state index in [-0.39, 0.29) is 29.6 Å². The van der Waals surface area contributed by atoms with Gasteiger partial charge in [0.2, 0.25) is 0 Å². The van der Waals surface area contributed by atoms with E-state index in [1.54, 1.807) is 0 Å². The summed E-state index contributed by atoms with van der Waals surface area (Å²) in [6.45, 7) is 0. The molecule has 0 aliphatic rings. The van der Waals surface area contributed by atoms with Gasteiger partial charge in [-0.15, -0.1) is 0 Å². The van der Waals surface area contributed by atoms with E-state index in [4.69, 9.17) is 9.79 Å². The average molecular weight is 202 g/mol. The molecule has 0 unspecified atom stereocenters. The molecular formula is C3H7F3NaO3P. The van der Waals surface area contributed by atoms with E-state index < -0.39 is 26.4 Å². The van der Waals surface area contributed by atoms with Crippen LogP contribution in [0.1, 0.15) is 6.42 Å². The van der Waals surface area contributed by atoms with Crippen LogP contribution in [0.3, 0.4) is 0 Å². The van der Waals surface area contributed by atoms with Gasteiger partial charge in [-0.05, 0) is 0 Å². The van der Waals surface area contributed by atoms with Crippen molar-refractivity contribution in [2.45, 2.75) is 12.6 Å². The Morgan fingerprint density at radius 3 is 1.73 bits per heavy atom. The van der Waals surface area contributed by atoms with Crippen molar-refractivity contribution < 1.29 is 27.5 Å². The van der Waals surface area contributed by atoms with Crippen LogP contribution in [0.5, 0.6) is 0 Å². The quantitative estimate of drug-likeness (QED) is 0.505. The summed E-state index contributed by atoms with van der Waals surface area (Å²) in [4.78, 5) is 16.0. The second-order valence-electron chi connectivity index (χ2n) is 1.75. The van der Waals surface area contributed by atoms with Gasteiger partial charge in [-0.2, -0.15) is 13.2 Å². The fourth-order valence-electron chi connectivity index (χ4n) is 0.272. The van der Waals surface area contributed by atoms with Gasteiger partial charge in [-0.25, -0.2) is 0 Å². The first kappa shape index (κ1) is 14.5. The van der Waals surface area contributed by atoms with E-state index in [9.17, 15) is 17.7 Å². The number of halogens is 3. The molecule has 0 fully saturated rings. The van der Waals surface area contributed by atoms with Gasteiger partial charge in [-0.3, -0.25) is 4.57 Å². The third-order valence-electron chi connectivity index (χ3n) is 0.687. The summed E-state index contributed by atoms with van der Waals surface area (Å²) in [6, 6.07) is 0. The molecule has 8 heteroatoms. The van der Waals surface area contributed by atoms with Crippen LogP contribution in [0.4, 0.5) is 13.2 Å². The Bertz CT molecular complexity index is 152. The molecular weight excluding hydrogens is 195 g/mol. The van der Waals surface area contributed by atoms with E-state index in [1.165, 1.54) is 0 Å². The minimum atomic E-state index is -4.48. The summed E-state index contributed by atoms with van der Waals surface area (Å²) in [5, 5.41) is 0. The van der Waals surface area contributed by atoms with Gasteiger partial charge >= 0.3 is 43.3 Å². The van der Waals surface area contributed by atoms with Gasteiger partial charge in [0.25, 0.3) is 0 Å². The van der Waals surface area contributed by atoms with E-state index in [0.29, 0.717) is 0 Å². The molecule has 0 aliphatic heterocycles. The van der Waals surface area contributed by atoms with Gasteiger partial charge in [-0.1, -0.05) is 0 Å². The Balaban J connectivity index is 0. The molecule has 0 saturated carbocycles. The normalized spacial score (nSPS) is 12.5. The number of rotatable bonds is 2. The van der Waals surface area contributed by atoms with Crippen molar-refractivity contribution in [3.63, 3.8) is 0 Å². The Labute approximate surface area is 83.4 Å². The maximum absolute atomic E-state index is 11.2. The van der Waals surface area contributed by atoms with E-state index in [0.717, 1.165) is 0 Å². The number of alkyl halides is 3. The summed E-state index contributed by atoms with van der Waals surface area (Å²) in [5.41, 5.74) is 0. The standard InChI is InChI=1S/C3H6F3O3P.Na.H/c4-3(5,6)1-2-10(7,8)9;;/h1-2H2,(H2,7,8,9);;. The van der Waals surface area contributed by atoms with Crippen molar-refractivity contribution in [2.75, 3.05) is 6.16 Å². The Morgan fingerprint density at radius 2 is 1.64 bits per heavy atom. The van der Waals surface area contributed by atoms with Crippen LogP contribution < -0.4 is 0 Å². The van der Waals surface area contributed by atoms with E-state index in [1.807, 2.05) is 0 Å². The first-order chi connectivity index (χ1) is 4.21. The third kappa shape index (κ3) is 13.9. The summed E-state index contributed by atoms with van der Waals surface area (Å²) < 4.78 is 43.6. The van der Waals surface area contributed by atoms with Gasteiger partial charge in [0.05, 0.1) is 12.6 Å². The van der Waals surface area contributed by atoms with Crippen LogP contribution in [-0.2, 0) is 4.57 Å². The van der Waals surface area contributed by atoms with Crippen molar-refractivity contribution in [3.05, 3.63) is 0 Å². The molecule has 0 heterocycles. The van der Waals surface area contributed by atoms with Crippen LogP contribution >= 0.6 is 7.60 Å². The van der Waals surface area contributed by atoms with Gasteiger partial charge < -0.3 is 9.79 Å². The Hall–Kier alpha value is 0.940. The fourth-order valence-corrected chi connectivity index (χ4v) is 0.817. The molecule has 0 aliphatic carbocycles. The average Bonchev–Trinajstić information content (AvgIpc) is 1.57. The summed E-state index contributed by atoms with van der Waals surface area (Å²) in [7, 11) is -4.48. The molecule has 0 bridgehead atoms. The summed E-state index contributed by atoms with van der Waals surface area (Å²) in [6.07, 6.45) is -7.05. The Kier molecular flexibility index (Phi) is 6.37. The molecule has 0 radical (unpaired) electrons. The zero-order chi connectivity index (χ0) is 8.41. The number of hydrogen-bond acceptors (Lipinski definition) is 1. The molecule has 0 amide bonds. The van der Waals surface area contributed by atoms with Crippen molar-refractivity contribution in [3.8, 4) is 0 Å². The molecule has 64 valence electrons. The predicted octanol–water partition coefficient (Wildman–Crippen LogP) is 0.468. The molecule has 11 heavy (non-hydrogen) atoms. The van der Waals surface area contributed by atoms with Crippen molar-refractivity contribution in [2.24, 2.45) is 0 Å². The maximum atomic E-state index is 11.2. The predicted molar refractivity (Wildman–Crippen MR) is 34.7 cm³/mol. The monoisotopic (exact) mass is 202 g/mol. The second kappa shape index (κ2) is 4.84. The van der Waals surface area contributed by atoms with Gasteiger partial charge in [0.15, 0.2) is 0 Å². The molecule has 0 aromatic heterocycles. The fraction of sp³-hybridized carbons (Fsp3) is 1.00. The van der Waals surface area contributed by atoms with Crippen LogP contribution in [0, 0.1) is 0 Å². The van der Waals surface area contributed by atoms with Crippen LogP contribution in [-0.4, -0.2) is 51.7 Å². The molecule has 0 aromatic carbocycles. The Morgan fingerprint density at radius 1 is 1.27 bits per heavy atom. The van der Waals surface area contributed by atoms with Crippen molar-refractivity contribution >= 4 is 37.2 Å². The second-order valence-corrected chi connectivity index (χ2v) is 3.53. The molecule has 0 saturated heterocycles. The zero-order valence-electron chi connectivity index (χ0n) is 4.80. The van der Waals surface area contributed by atoms with Crippen molar-refractivity contribution in [1.82, 2.24) is 0 Å². The van der Waals surface area contributed by atoms with Crippen molar-refractivity contribution in [1.29, 1.82) is 0 Å². The molecule has 0 spiro atoms. The molecule has 0 atom stereocenters. The summed E-state index contributed by atoms with van der Waals surface area (Å²) >= 11 is 0. The van der Waals surface area contributed by atoms with Crippen LogP contribution in [0.15, 0.2) is 0 Å². The number of hydrogen-bond donors (Lipinski definition) is 2. The first-order valence-electron chi connectivity index (χ1n) is 2.32. The first-order valence-corrected chi connectivity index (χ1v) is 4.12. The SMILES string of the molecule is O=P(O)(O)CCC(F)(F)F.[NaH]. The van der Waals surface area contributed by atoms with E-state index >= 15 is 0 Å². The molecule has 3 nitrogen and oxygen atoms in total. The minimum absolute atomic E-state index is 0. The topological polar surface area (TPSA) is 57.5 Å². The van der Waals surface area contributed by atoms with Crippen LogP contribution in [0.2, 0.25) is 0 Å². The molecule has 2 N–H and O–H groups in total. The van der Waals surface area contributed by atoms with Crippen LogP contribution in [0.25, 0.3) is 0 Å². The van der Waals surface area contributed by atoms with Gasteiger partial charge in [0.1, 0.15) is 0 Å². The summed E-state index contributed by atoms with van der Waals surface area (Å²) in [5.74, 6) is 0. The third-order valence-corrected chi connectivity index (χ3v) is 1.49.